The smallest absolute Gasteiger partial charge is 0.308 e. The zero-order valence-corrected chi connectivity index (χ0v) is 16.1. The fraction of sp³-hybridized carbons (Fsp3) is 0.682. The molecule has 1 N–H and O–H groups in total. The summed E-state index contributed by atoms with van der Waals surface area (Å²) in [5.41, 5.74) is 2.20. The standard InChI is InChI=1S/C22H34O4/c1-2-25-22(24)16-21(23)19-12-14-20(15-13-19)26-17-18-10-8-6-4-3-5-7-9-11-18/h10,12-14,20-21,23H,2-9,11,15-17H2,1H3/b18-10+/t20-,21?/m0/s1. The molecule has 0 saturated heterocycles. The lowest BCUT2D eigenvalue weighted by molar-refractivity contribution is -0.144. The van der Waals surface area contributed by atoms with Gasteiger partial charge in [-0.2, -0.15) is 0 Å². The predicted octanol–water partition coefficient (Wildman–Crippen LogP) is 4.63. The zero-order chi connectivity index (χ0) is 18.6. The van der Waals surface area contributed by atoms with Crippen LogP contribution in [0.5, 0.6) is 0 Å². The van der Waals surface area contributed by atoms with Crippen molar-refractivity contribution >= 4 is 5.97 Å². The number of ether oxygens (including phenoxy) is 2. The van der Waals surface area contributed by atoms with Gasteiger partial charge >= 0.3 is 5.97 Å². The van der Waals surface area contributed by atoms with Gasteiger partial charge in [0, 0.05) is 0 Å². The Hall–Kier alpha value is -1.39. The summed E-state index contributed by atoms with van der Waals surface area (Å²) >= 11 is 0. The van der Waals surface area contributed by atoms with E-state index < -0.39 is 6.10 Å². The SMILES string of the molecule is CCOC(=O)CC(O)C1=CC[C@@H](OC/C2=C/CCCCCCCC2)C=C1. The first-order valence-electron chi connectivity index (χ1n) is 10.2. The van der Waals surface area contributed by atoms with E-state index in [9.17, 15) is 9.90 Å². The molecule has 2 atom stereocenters. The van der Waals surface area contributed by atoms with E-state index >= 15 is 0 Å². The molecule has 0 fully saturated rings. The van der Waals surface area contributed by atoms with Gasteiger partial charge in [-0.15, -0.1) is 0 Å². The highest BCUT2D eigenvalue weighted by Crippen LogP contribution is 2.21. The molecule has 0 radical (unpaired) electrons. The topological polar surface area (TPSA) is 55.8 Å². The van der Waals surface area contributed by atoms with Crippen molar-refractivity contribution in [1.82, 2.24) is 0 Å². The number of carbonyl (C=O) groups excluding carboxylic acids is 1. The van der Waals surface area contributed by atoms with E-state index in [4.69, 9.17) is 9.47 Å². The van der Waals surface area contributed by atoms with Crippen LogP contribution in [-0.2, 0) is 14.3 Å². The van der Waals surface area contributed by atoms with E-state index in [1.807, 2.05) is 18.2 Å². The number of hydrogen-bond donors (Lipinski definition) is 1. The lowest BCUT2D eigenvalue weighted by Crippen LogP contribution is -2.20. The van der Waals surface area contributed by atoms with Gasteiger partial charge in [-0.25, -0.2) is 0 Å². The second-order valence-corrected chi connectivity index (χ2v) is 7.20. The molecule has 0 spiro atoms. The van der Waals surface area contributed by atoms with E-state index in [0.717, 1.165) is 18.4 Å². The quantitative estimate of drug-likeness (QED) is 0.530. The number of allylic oxidation sites excluding steroid dienone is 1. The Bertz CT molecular complexity index is 518. The molecule has 2 aliphatic rings. The Morgan fingerprint density at radius 3 is 2.69 bits per heavy atom. The Labute approximate surface area is 158 Å². The molecule has 4 heteroatoms. The Balaban J connectivity index is 1.75. The highest BCUT2D eigenvalue weighted by molar-refractivity contribution is 5.70. The lowest BCUT2D eigenvalue weighted by atomic mass is 9.98. The molecule has 2 aliphatic carbocycles. The highest BCUT2D eigenvalue weighted by atomic mass is 16.5. The molecular weight excluding hydrogens is 328 g/mol. The van der Waals surface area contributed by atoms with Crippen LogP contribution in [0, 0.1) is 0 Å². The van der Waals surface area contributed by atoms with Crippen LogP contribution in [-0.4, -0.2) is 36.5 Å². The number of carbonyl (C=O) groups is 1. The Kier molecular flexibility index (Phi) is 9.72. The molecule has 0 bridgehead atoms. The summed E-state index contributed by atoms with van der Waals surface area (Å²) in [5.74, 6) is -0.365. The number of rotatable bonds is 7. The summed E-state index contributed by atoms with van der Waals surface area (Å²) in [4.78, 5) is 11.5. The Morgan fingerprint density at radius 1 is 1.19 bits per heavy atom. The maximum Gasteiger partial charge on any atom is 0.308 e. The zero-order valence-electron chi connectivity index (χ0n) is 16.1. The molecule has 0 aromatic rings. The molecule has 0 aliphatic heterocycles. The maximum atomic E-state index is 11.5. The molecule has 0 aromatic heterocycles. The van der Waals surface area contributed by atoms with Gasteiger partial charge in [0.1, 0.15) is 0 Å². The van der Waals surface area contributed by atoms with Crippen LogP contribution in [0.25, 0.3) is 0 Å². The van der Waals surface area contributed by atoms with Crippen molar-refractivity contribution < 1.29 is 19.4 Å². The van der Waals surface area contributed by atoms with E-state index in [1.165, 1.54) is 50.5 Å². The van der Waals surface area contributed by atoms with Gasteiger partial charge in [-0.05, 0) is 50.2 Å². The number of esters is 1. The van der Waals surface area contributed by atoms with Crippen LogP contribution in [0.3, 0.4) is 0 Å². The Morgan fingerprint density at radius 2 is 1.96 bits per heavy atom. The van der Waals surface area contributed by atoms with Gasteiger partial charge < -0.3 is 14.6 Å². The third kappa shape index (κ3) is 7.88. The second kappa shape index (κ2) is 12.1. The lowest BCUT2D eigenvalue weighted by Gasteiger charge is -2.20. The van der Waals surface area contributed by atoms with E-state index in [1.54, 1.807) is 6.92 Å². The minimum absolute atomic E-state index is 0.00240. The van der Waals surface area contributed by atoms with E-state index in [-0.39, 0.29) is 18.5 Å². The van der Waals surface area contributed by atoms with Crippen LogP contribution in [0.15, 0.2) is 35.5 Å². The van der Waals surface area contributed by atoms with Crippen LogP contribution in [0.2, 0.25) is 0 Å². The molecule has 2 rings (SSSR count). The fourth-order valence-electron chi connectivity index (χ4n) is 3.44. The number of hydrogen-bond acceptors (Lipinski definition) is 4. The van der Waals surface area contributed by atoms with Crippen molar-refractivity contribution in [2.24, 2.45) is 0 Å². The summed E-state index contributed by atoms with van der Waals surface area (Å²) < 4.78 is 11.0. The van der Waals surface area contributed by atoms with Crippen LogP contribution < -0.4 is 0 Å². The molecule has 0 heterocycles. The molecule has 146 valence electrons. The molecule has 0 aromatic carbocycles. The molecule has 0 amide bonds. The van der Waals surface area contributed by atoms with Gasteiger partial charge in [0.05, 0.1) is 31.8 Å². The largest absolute Gasteiger partial charge is 0.466 e. The summed E-state index contributed by atoms with van der Waals surface area (Å²) in [6.07, 6.45) is 18.5. The fourth-order valence-corrected chi connectivity index (χ4v) is 3.44. The first-order chi connectivity index (χ1) is 12.7. The minimum atomic E-state index is -0.799. The average molecular weight is 363 g/mol. The maximum absolute atomic E-state index is 11.5. The number of aliphatic hydroxyl groups excluding tert-OH is 1. The molecule has 1 unspecified atom stereocenters. The first kappa shape index (κ1) is 20.9. The first-order valence-corrected chi connectivity index (χ1v) is 10.2. The van der Waals surface area contributed by atoms with Crippen LogP contribution >= 0.6 is 0 Å². The summed E-state index contributed by atoms with van der Waals surface area (Å²) in [6.45, 7) is 2.80. The van der Waals surface area contributed by atoms with Crippen molar-refractivity contribution in [2.45, 2.75) is 83.3 Å². The second-order valence-electron chi connectivity index (χ2n) is 7.20. The van der Waals surface area contributed by atoms with Gasteiger partial charge in [0.15, 0.2) is 0 Å². The van der Waals surface area contributed by atoms with Gasteiger partial charge in [-0.3, -0.25) is 4.79 Å². The number of aliphatic hydroxyl groups is 1. The van der Waals surface area contributed by atoms with Gasteiger partial charge in [0.25, 0.3) is 0 Å². The summed E-state index contributed by atoms with van der Waals surface area (Å²) in [7, 11) is 0. The monoisotopic (exact) mass is 362 g/mol. The summed E-state index contributed by atoms with van der Waals surface area (Å²) in [6, 6.07) is 0. The minimum Gasteiger partial charge on any atom is -0.466 e. The molecule has 4 nitrogen and oxygen atoms in total. The van der Waals surface area contributed by atoms with Crippen molar-refractivity contribution in [3.63, 3.8) is 0 Å². The van der Waals surface area contributed by atoms with E-state index in [2.05, 4.69) is 6.08 Å². The van der Waals surface area contributed by atoms with Crippen LogP contribution in [0.1, 0.15) is 71.1 Å². The van der Waals surface area contributed by atoms with Crippen LogP contribution in [0.4, 0.5) is 0 Å². The third-order valence-corrected chi connectivity index (χ3v) is 5.01. The third-order valence-electron chi connectivity index (χ3n) is 5.01. The van der Waals surface area contributed by atoms with Crippen molar-refractivity contribution in [2.75, 3.05) is 13.2 Å². The predicted molar refractivity (Wildman–Crippen MR) is 104 cm³/mol. The van der Waals surface area contributed by atoms with E-state index in [0.29, 0.717) is 13.2 Å². The molecule has 26 heavy (non-hydrogen) atoms. The molecular formula is C22H34O4. The highest BCUT2D eigenvalue weighted by Gasteiger charge is 2.18. The average Bonchev–Trinajstić information content (AvgIpc) is 2.65. The van der Waals surface area contributed by atoms with Crippen molar-refractivity contribution in [3.05, 3.63) is 35.5 Å². The van der Waals surface area contributed by atoms with Crippen molar-refractivity contribution in [3.8, 4) is 0 Å². The van der Waals surface area contributed by atoms with Gasteiger partial charge in [-0.1, -0.05) is 50.0 Å². The van der Waals surface area contributed by atoms with Crippen molar-refractivity contribution in [1.29, 1.82) is 0 Å². The summed E-state index contributed by atoms with van der Waals surface area (Å²) in [5, 5.41) is 10.1. The molecule has 0 saturated carbocycles. The normalized spacial score (nSPS) is 24.9. The van der Waals surface area contributed by atoms with Gasteiger partial charge in [0.2, 0.25) is 0 Å².